The quantitative estimate of drug-likeness (QED) is 0.849. The molecule has 1 atom stereocenters. The molecule has 3 heteroatoms. The summed E-state index contributed by atoms with van der Waals surface area (Å²) in [6, 6.07) is 10.0. The van der Waals surface area contributed by atoms with Crippen LogP contribution in [-0.2, 0) is 10.2 Å². The predicted molar refractivity (Wildman–Crippen MR) is 73.7 cm³/mol. The maximum atomic E-state index is 12.5. The molecule has 1 aromatic carbocycles. The van der Waals surface area contributed by atoms with Gasteiger partial charge in [0, 0.05) is 6.54 Å². The van der Waals surface area contributed by atoms with Crippen molar-refractivity contribution in [2.24, 2.45) is 5.92 Å². The van der Waals surface area contributed by atoms with E-state index in [1.807, 2.05) is 30.3 Å². The van der Waals surface area contributed by atoms with Gasteiger partial charge >= 0.3 is 0 Å². The molecule has 0 radical (unpaired) electrons. The first-order chi connectivity index (χ1) is 9.22. The third-order valence-corrected chi connectivity index (χ3v) is 4.61. The summed E-state index contributed by atoms with van der Waals surface area (Å²) in [5, 5.41) is 12.8. The van der Waals surface area contributed by atoms with Crippen LogP contribution < -0.4 is 5.32 Å². The number of hydrogen-bond donors (Lipinski definition) is 2. The third kappa shape index (κ3) is 2.39. The average Bonchev–Trinajstić information content (AvgIpc) is 3.20. The molecule has 2 aliphatic carbocycles. The predicted octanol–water partition coefficient (Wildman–Crippen LogP) is 2.00. The fourth-order valence-corrected chi connectivity index (χ4v) is 2.95. The molecule has 2 aliphatic rings. The number of aliphatic hydroxyl groups is 1. The van der Waals surface area contributed by atoms with Crippen LogP contribution in [0.2, 0.25) is 0 Å². The van der Waals surface area contributed by atoms with Crippen molar-refractivity contribution in [2.45, 2.75) is 43.6 Å². The summed E-state index contributed by atoms with van der Waals surface area (Å²) in [7, 11) is 0. The highest BCUT2D eigenvalue weighted by Crippen LogP contribution is 2.44. The van der Waals surface area contributed by atoms with Crippen LogP contribution in [0.4, 0.5) is 0 Å². The number of aliphatic hydroxyl groups excluding tert-OH is 1. The number of carbonyl (C=O) groups is 1. The molecule has 0 spiro atoms. The lowest BCUT2D eigenvalue weighted by atomic mass is 9.64. The Balaban J connectivity index is 1.66. The van der Waals surface area contributed by atoms with E-state index in [0.29, 0.717) is 12.5 Å². The topological polar surface area (TPSA) is 49.3 Å². The van der Waals surface area contributed by atoms with Gasteiger partial charge < -0.3 is 10.4 Å². The van der Waals surface area contributed by atoms with Crippen LogP contribution in [0.5, 0.6) is 0 Å². The van der Waals surface area contributed by atoms with Crippen molar-refractivity contribution in [1.29, 1.82) is 0 Å². The van der Waals surface area contributed by atoms with Gasteiger partial charge in [0.25, 0.3) is 0 Å². The molecular weight excluding hydrogens is 238 g/mol. The summed E-state index contributed by atoms with van der Waals surface area (Å²) in [4.78, 5) is 12.5. The maximum Gasteiger partial charge on any atom is 0.230 e. The van der Waals surface area contributed by atoms with Crippen molar-refractivity contribution in [1.82, 2.24) is 5.32 Å². The monoisotopic (exact) mass is 259 g/mol. The first-order valence-corrected chi connectivity index (χ1v) is 7.24. The van der Waals surface area contributed by atoms with Gasteiger partial charge in [-0.05, 0) is 37.2 Å². The average molecular weight is 259 g/mol. The van der Waals surface area contributed by atoms with Gasteiger partial charge in [-0.15, -0.1) is 0 Å². The number of benzene rings is 1. The Labute approximate surface area is 114 Å². The maximum absolute atomic E-state index is 12.5. The van der Waals surface area contributed by atoms with E-state index >= 15 is 0 Å². The number of carbonyl (C=O) groups excluding carboxylic acids is 1. The molecule has 19 heavy (non-hydrogen) atoms. The summed E-state index contributed by atoms with van der Waals surface area (Å²) in [6.45, 7) is 0.401. The van der Waals surface area contributed by atoms with Crippen LogP contribution >= 0.6 is 0 Å². The smallest absolute Gasteiger partial charge is 0.230 e. The summed E-state index contributed by atoms with van der Waals surface area (Å²) >= 11 is 0. The highest BCUT2D eigenvalue weighted by atomic mass is 16.3. The van der Waals surface area contributed by atoms with E-state index in [1.54, 1.807) is 0 Å². The van der Waals surface area contributed by atoms with Gasteiger partial charge in [-0.25, -0.2) is 0 Å². The van der Waals surface area contributed by atoms with Crippen LogP contribution in [0.1, 0.15) is 37.7 Å². The van der Waals surface area contributed by atoms with E-state index in [-0.39, 0.29) is 17.4 Å². The van der Waals surface area contributed by atoms with E-state index in [1.165, 1.54) is 0 Å². The zero-order valence-corrected chi connectivity index (χ0v) is 11.1. The van der Waals surface area contributed by atoms with Crippen molar-refractivity contribution in [3.63, 3.8) is 0 Å². The molecule has 0 saturated heterocycles. The van der Waals surface area contributed by atoms with Crippen LogP contribution in [0.3, 0.4) is 0 Å². The SMILES string of the molecule is O=C(NCC(O)C1CC1)C1(c2ccccc2)CCC1. The van der Waals surface area contributed by atoms with Crippen LogP contribution in [0.25, 0.3) is 0 Å². The van der Waals surface area contributed by atoms with Crippen molar-refractivity contribution in [2.75, 3.05) is 6.54 Å². The molecule has 102 valence electrons. The lowest BCUT2D eigenvalue weighted by Crippen LogP contribution is -2.50. The second-order valence-corrected chi connectivity index (χ2v) is 5.92. The van der Waals surface area contributed by atoms with Gasteiger partial charge in [0.2, 0.25) is 5.91 Å². The van der Waals surface area contributed by atoms with E-state index in [4.69, 9.17) is 0 Å². The van der Waals surface area contributed by atoms with Crippen molar-refractivity contribution < 1.29 is 9.90 Å². The number of amides is 1. The van der Waals surface area contributed by atoms with Gasteiger partial charge in [-0.1, -0.05) is 36.8 Å². The third-order valence-electron chi connectivity index (χ3n) is 4.61. The Hall–Kier alpha value is -1.35. The standard InChI is InChI=1S/C16H21NO2/c18-14(12-7-8-12)11-17-15(19)16(9-4-10-16)13-5-2-1-3-6-13/h1-3,5-6,12,14,18H,4,7-11H2,(H,17,19). The van der Waals surface area contributed by atoms with E-state index < -0.39 is 0 Å². The van der Waals surface area contributed by atoms with Crippen LogP contribution in [0, 0.1) is 5.92 Å². The van der Waals surface area contributed by atoms with Crippen molar-refractivity contribution in [3.05, 3.63) is 35.9 Å². The zero-order chi connectivity index (χ0) is 13.3. The minimum Gasteiger partial charge on any atom is -0.391 e. The van der Waals surface area contributed by atoms with Crippen LogP contribution in [0.15, 0.2) is 30.3 Å². The Morgan fingerprint density at radius 1 is 1.32 bits per heavy atom. The summed E-state index contributed by atoms with van der Waals surface area (Å²) < 4.78 is 0. The Morgan fingerprint density at radius 2 is 2.00 bits per heavy atom. The molecule has 2 N–H and O–H groups in total. The van der Waals surface area contributed by atoms with E-state index in [2.05, 4.69) is 5.32 Å². The fraction of sp³-hybridized carbons (Fsp3) is 0.562. The minimum atomic E-state index is -0.364. The largest absolute Gasteiger partial charge is 0.391 e. The first-order valence-electron chi connectivity index (χ1n) is 7.24. The molecule has 2 saturated carbocycles. The molecule has 1 aromatic rings. The Bertz CT molecular complexity index is 449. The minimum absolute atomic E-state index is 0.0876. The molecule has 2 fully saturated rings. The van der Waals surface area contributed by atoms with Gasteiger partial charge in [-0.3, -0.25) is 4.79 Å². The van der Waals surface area contributed by atoms with Crippen molar-refractivity contribution in [3.8, 4) is 0 Å². The van der Waals surface area contributed by atoms with Gasteiger partial charge in [0.05, 0.1) is 11.5 Å². The highest BCUT2D eigenvalue weighted by Gasteiger charge is 2.45. The molecule has 1 unspecified atom stereocenters. The molecule has 0 aromatic heterocycles. The van der Waals surface area contributed by atoms with Crippen LogP contribution in [-0.4, -0.2) is 23.7 Å². The molecule has 0 aliphatic heterocycles. The summed E-state index contributed by atoms with van der Waals surface area (Å²) in [5.74, 6) is 0.499. The van der Waals surface area contributed by atoms with Gasteiger partial charge in [0.1, 0.15) is 0 Å². The van der Waals surface area contributed by atoms with Gasteiger partial charge in [-0.2, -0.15) is 0 Å². The number of hydrogen-bond acceptors (Lipinski definition) is 2. The Morgan fingerprint density at radius 3 is 2.53 bits per heavy atom. The van der Waals surface area contributed by atoms with E-state index in [9.17, 15) is 9.90 Å². The molecule has 0 heterocycles. The lowest BCUT2D eigenvalue weighted by Gasteiger charge is -2.41. The van der Waals surface area contributed by atoms with Crippen molar-refractivity contribution >= 4 is 5.91 Å². The highest BCUT2D eigenvalue weighted by molar-refractivity contribution is 5.89. The summed E-state index contributed by atoms with van der Waals surface area (Å²) in [6.07, 6.45) is 4.77. The number of nitrogens with one attached hydrogen (secondary N) is 1. The molecular formula is C16H21NO2. The Kier molecular flexibility index (Phi) is 3.31. The second-order valence-electron chi connectivity index (χ2n) is 5.92. The molecule has 0 bridgehead atoms. The summed E-state index contributed by atoms with van der Waals surface area (Å²) in [5.41, 5.74) is 0.768. The molecule has 3 nitrogen and oxygen atoms in total. The second kappa shape index (κ2) is 4.97. The first kappa shape index (κ1) is 12.7. The fourth-order valence-electron chi connectivity index (χ4n) is 2.95. The lowest BCUT2D eigenvalue weighted by molar-refractivity contribution is -0.130. The van der Waals surface area contributed by atoms with Gasteiger partial charge in [0.15, 0.2) is 0 Å². The number of rotatable bonds is 5. The zero-order valence-electron chi connectivity index (χ0n) is 11.1. The normalized spacial score (nSPS) is 22.4. The molecule has 1 amide bonds. The molecule has 3 rings (SSSR count). The van der Waals surface area contributed by atoms with E-state index in [0.717, 1.165) is 37.7 Å².